The van der Waals surface area contributed by atoms with Gasteiger partial charge in [0.2, 0.25) is 0 Å². The Balaban J connectivity index is 1.96. The molecular weight excluding hydrogens is 192 g/mol. The fraction of sp³-hybridized carbons (Fsp3) is 0.750. The largest absolute Gasteiger partial charge is 0.333 e. The molecule has 0 N–H and O–H groups in total. The van der Waals surface area contributed by atoms with Gasteiger partial charge < -0.3 is 9.47 Å². The summed E-state index contributed by atoms with van der Waals surface area (Å²) < 4.78 is 10.8. The molecule has 0 bridgehead atoms. The van der Waals surface area contributed by atoms with Crippen LogP contribution in [0.3, 0.4) is 0 Å². The van der Waals surface area contributed by atoms with E-state index in [4.69, 9.17) is 9.47 Å². The van der Waals surface area contributed by atoms with Crippen molar-refractivity contribution in [3.8, 4) is 0 Å². The summed E-state index contributed by atoms with van der Waals surface area (Å²) in [5, 5.41) is 0. The average molecular weight is 204 g/mol. The van der Waals surface area contributed by atoms with Crippen LogP contribution in [0.2, 0.25) is 0 Å². The van der Waals surface area contributed by atoms with Crippen molar-refractivity contribution in [3.05, 3.63) is 12.2 Å². The van der Waals surface area contributed by atoms with E-state index in [1.807, 2.05) is 0 Å². The third kappa shape index (κ3) is 1.82. The molecule has 0 unspecified atom stereocenters. The quantitative estimate of drug-likeness (QED) is 0.562. The van der Waals surface area contributed by atoms with E-state index < -0.39 is 0 Å². The van der Waals surface area contributed by atoms with Gasteiger partial charge in [-0.05, 0) is 6.42 Å². The van der Waals surface area contributed by atoms with E-state index in [9.17, 15) is 0 Å². The second kappa shape index (κ2) is 3.62. The van der Waals surface area contributed by atoms with Gasteiger partial charge in [-0.3, -0.25) is 0 Å². The zero-order chi connectivity index (χ0) is 8.44. The van der Waals surface area contributed by atoms with Crippen molar-refractivity contribution >= 4 is 23.5 Å². The van der Waals surface area contributed by atoms with E-state index in [-0.39, 0.29) is 4.45 Å². The Hall–Kier alpha value is 0.360. The number of hydrogen-bond acceptors (Lipinski definition) is 4. The molecule has 2 aliphatic heterocycles. The first-order chi connectivity index (χ1) is 5.81. The van der Waals surface area contributed by atoms with Crippen LogP contribution in [0.4, 0.5) is 0 Å². The fourth-order valence-corrected chi connectivity index (χ4v) is 3.57. The Labute approximate surface area is 81.1 Å². The molecule has 4 heteroatoms. The van der Waals surface area contributed by atoms with Gasteiger partial charge in [0.25, 0.3) is 4.45 Å². The Morgan fingerprint density at radius 1 is 1.17 bits per heavy atom. The normalized spacial score (nSPS) is 29.2. The number of ether oxygens (including phenoxy) is 2. The van der Waals surface area contributed by atoms with Gasteiger partial charge in [0.05, 0.1) is 13.2 Å². The zero-order valence-electron chi connectivity index (χ0n) is 6.88. The molecule has 2 heterocycles. The summed E-state index contributed by atoms with van der Waals surface area (Å²) in [6, 6.07) is 0. The number of hydrogen-bond donors (Lipinski definition) is 0. The molecule has 2 nitrogen and oxygen atoms in total. The molecule has 0 aromatic carbocycles. The lowest BCUT2D eigenvalue weighted by molar-refractivity contribution is -0.147. The van der Waals surface area contributed by atoms with Gasteiger partial charge in [0.1, 0.15) is 0 Å². The summed E-state index contributed by atoms with van der Waals surface area (Å²) in [4.78, 5) is 0. The SMILES string of the molecule is C=C1CSC2(OCCCO2)SC1. The lowest BCUT2D eigenvalue weighted by Gasteiger charge is -2.38. The van der Waals surface area contributed by atoms with E-state index in [2.05, 4.69) is 6.58 Å². The lowest BCUT2D eigenvalue weighted by Crippen LogP contribution is -2.37. The number of thioether (sulfide) groups is 2. The maximum Gasteiger partial charge on any atom is 0.270 e. The van der Waals surface area contributed by atoms with E-state index in [0.717, 1.165) is 31.1 Å². The summed E-state index contributed by atoms with van der Waals surface area (Å²) in [5.41, 5.74) is 1.27. The Kier molecular flexibility index (Phi) is 2.69. The molecule has 0 aromatic heterocycles. The van der Waals surface area contributed by atoms with Gasteiger partial charge in [-0.15, -0.1) is 0 Å². The molecule has 2 rings (SSSR count). The third-order valence-electron chi connectivity index (χ3n) is 1.75. The van der Waals surface area contributed by atoms with Crippen molar-refractivity contribution in [2.24, 2.45) is 0 Å². The number of rotatable bonds is 0. The van der Waals surface area contributed by atoms with E-state index >= 15 is 0 Å². The monoisotopic (exact) mass is 204 g/mol. The second-order valence-corrected chi connectivity index (χ2v) is 5.37. The predicted octanol–water partition coefficient (Wildman–Crippen LogP) is 2.07. The van der Waals surface area contributed by atoms with Crippen molar-refractivity contribution in [2.75, 3.05) is 24.7 Å². The van der Waals surface area contributed by atoms with Crippen LogP contribution < -0.4 is 0 Å². The van der Waals surface area contributed by atoms with Crippen molar-refractivity contribution in [2.45, 2.75) is 10.9 Å². The zero-order valence-corrected chi connectivity index (χ0v) is 8.51. The smallest absolute Gasteiger partial charge is 0.270 e. The molecule has 2 aliphatic rings. The lowest BCUT2D eigenvalue weighted by atomic mass is 10.4. The van der Waals surface area contributed by atoms with Crippen molar-refractivity contribution in [3.63, 3.8) is 0 Å². The van der Waals surface area contributed by atoms with Gasteiger partial charge in [-0.25, -0.2) is 0 Å². The summed E-state index contributed by atoms with van der Waals surface area (Å²) in [7, 11) is 0. The molecule has 0 atom stereocenters. The van der Waals surface area contributed by atoms with Crippen LogP contribution in [0.25, 0.3) is 0 Å². The van der Waals surface area contributed by atoms with Gasteiger partial charge in [0, 0.05) is 11.5 Å². The van der Waals surface area contributed by atoms with Crippen LogP contribution in [0.15, 0.2) is 12.2 Å². The highest BCUT2D eigenvalue weighted by atomic mass is 32.2. The molecule has 12 heavy (non-hydrogen) atoms. The maximum absolute atomic E-state index is 5.62. The Bertz CT molecular complexity index is 175. The molecule has 0 radical (unpaired) electrons. The fourth-order valence-electron chi connectivity index (χ4n) is 1.13. The van der Waals surface area contributed by atoms with Gasteiger partial charge in [0.15, 0.2) is 0 Å². The van der Waals surface area contributed by atoms with Gasteiger partial charge >= 0.3 is 0 Å². The first kappa shape index (κ1) is 8.94. The minimum atomic E-state index is -0.389. The van der Waals surface area contributed by atoms with E-state index in [1.165, 1.54) is 5.57 Å². The second-order valence-electron chi connectivity index (χ2n) is 2.88. The molecule has 0 saturated carbocycles. The predicted molar refractivity (Wildman–Crippen MR) is 53.3 cm³/mol. The molecule has 2 fully saturated rings. The average Bonchev–Trinajstić information content (AvgIpc) is 2.13. The summed E-state index contributed by atoms with van der Waals surface area (Å²) >= 11 is 3.43. The van der Waals surface area contributed by atoms with Crippen molar-refractivity contribution in [1.29, 1.82) is 0 Å². The molecule has 68 valence electrons. The summed E-state index contributed by atoms with van der Waals surface area (Å²) in [5.74, 6) is 1.93. The topological polar surface area (TPSA) is 18.5 Å². The standard InChI is InChI=1S/C8H12O2S2/c1-7-5-11-8(12-6-7)9-3-2-4-10-8/h1-6H2. The minimum Gasteiger partial charge on any atom is -0.333 e. The van der Waals surface area contributed by atoms with Crippen LogP contribution in [0, 0.1) is 0 Å². The van der Waals surface area contributed by atoms with Crippen molar-refractivity contribution < 1.29 is 9.47 Å². The molecular formula is C8H12O2S2. The van der Waals surface area contributed by atoms with Crippen LogP contribution >= 0.6 is 23.5 Å². The molecule has 0 aromatic rings. The molecule has 2 saturated heterocycles. The van der Waals surface area contributed by atoms with Crippen LogP contribution in [0.1, 0.15) is 6.42 Å². The van der Waals surface area contributed by atoms with Crippen LogP contribution in [0.5, 0.6) is 0 Å². The Morgan fingerprint density at radius 2 is 1.75 bits per heavy atom. The van der Waals surface area contributed by atoms with Gasteiger partial charge in [-0.2, -0.15) is 0 Å². The first-order valence-corrected chi connectivity index (χ1v) is 6.00. The molecule has 0 aliphatic carbocycles. The highest BCUT2D eigenvalue weighted by Crippen LogP contribution is 2.46. The highest BCUT2D eigenvalue weighted by molar-refractivity contribution is 8.18. The van der Waals surface area contributed by atoms with Gasteiger partial charge in [-0.1, -0.05) is 35.7 Å². The Morgan fingerprint density at radius 3 is 2.33 bits per heavy atom. The van der Waals surface area contributed by atoms with E-state index in [1.54, 1.807) is 23.5 Å². The molecule has 1 spiro atoms. The first-order valence-electron chi connectivity index (χ1n) is 4.03. The van der Waals surface area contributed by atoms with Crippen molar-refractivity contribution in [1.82, 2.24) is 0 Å². The molecule has 0 amide bonds. The maximum atomic E-state index is 5.62. The minimum absolute atomic E-state index is 0.389. The van der Waals surface area contributed by atoms with E-state index in [0.29, 0.717) is 0 Å². The third-order valence-corrected chi connectivity index (χ3v) is 4.74. The highest BCUT2D eigenvalue weighted by Gasteiger charge is 2.38. The van der Waals surface area contributed by atoms with Crippen LogP contribution in [-0.4, -0.2) is 29.2 Å². The van der Waals surface area contributed by atoms with Crippen LogP contribution in [-0.2, 0) is 9.47 Å². The summed E-state index contributed by atoms with van der Waals surface area (Å²) in [6.45, 7) is 5.59. The summed E-state index contributed by atoms with van der Waals surface area (Å²) in [6.07, 6.45) is 1.02.